The maximum Gasteiger partial charge on any atom is 0.270 e. The molecule has 3 aromatic rings. The van der Waals surface area contributed by atoms with Crippen molar-refractivity contribution < 1.29 is 4.79 Å². The van der Waals surface area contributed by atoms with Gasteiger partial charge in [0.15, 0.2) is 5.13 Å². The van der Waals surface area contributed by atoms with Gasteiger partial charge in [0.1, 0.15) is 5.69 Å². The molecule has 1 amide bonds. The van der Waals surface area contributed by atoms with Gasteiger partial charge < -0.3 is 10.6 Å². The summed E-state index contributed by atoms with van der Waals surface area (Å²) in [4.78, 5) is 16.5. The van der Waals surface area contributed by atoms with Crippen molar-refractivity contribution in [3.05, 3.63) is 76.3 Å². The SMILES string of the molecule is O=C(NCCCc1ccccc1)c1csc(Nc2cccc(Cl)c2)n1. The lowest BCUT2D eigenvalue weighted by molar-refractivity contribution is 0.0949. The number of aryl methyl sites for hydroxylation is 1. The molecule has 0 aliphatic carbocycles. The predicted octanol–water partition coefficient (Wildman–Crippen LogP) is 4.90. The van der Waals surface area contributed by atoms with Gasteiger partial charge in [0, 0.05) is 22.6 Å². The topological polar surface area (TPSA) is 54.0 Å². The van der Waals surface area contributed by atoms with Crippen molar-refractivity contribution in [2.24, 2.45) is 0 Å². The van der Waals surface area contributed by atoms with Crippen LogP contribution in [0, 0.1) is 0 Å². The zero-order chi connectivity index (χ0) is 17.5. The number of rotatable bonds is 7. The minimum Gasteiger partial charge on any atom is -0.351 e. The molecule has 0 saturated carbocycles. The third-order valence-electron chi connectivity index (χ3n) is 3.58. The van der Waals surface area contributed by atoms with Crippen molar-refractivity contribution in [1.29, 1.82) is 0 Å². The van der Waals surface area contributed by atoms with E-state index in [1.54, 1.807) is 5.38 Å². The fourth-order valence-electron chi connectivity index (χ4n) is 2.35. The van der Waals surface area contributed by atoms with Gasteiger partial charge in [-0.2, -0.15) is 0 Å². The van der Waals surface area contributed by atoms with Crippen molar-refractivity contribution in [2.45, 2.75) is 12.8 Å². The van der Waals surface area contributed by atoms with Gasteiger partial charge >= 0.3 is 0 Å². The Labute approximate surface area is 155 Å². The zero-order valence-electron chi connectivity index (χ0n) is 13.5. The molecule has 0 fully saturated rings. The molecular formula is C19H18ClN3OS. The summed E-state index contributed by atoms with van der Waals surface area (Å²) in [5.41, 5.74) is 2.55. The summed E-state index contributed by atoms with van der Waals surface area (Å²) < 4.78 is 0. The second-order valence-electron chi connectivity index (χ2n) is 5.52. The maximum absolute atomic E-state index is 12.2. The van der Waals surface area contributed by atoms with E-state index >= 15 is 0 Å². The Bertz CT molecular complexity index is 835. The second kappa shape index (κ2) is 8.65. The van der Waals surface area contributed by atoms with Crippen molar-refractivity contribution >= 4 is 39.7 Å². The van der Waals surface area contributed by atoms with Crippen molar-refractivity contribution in [1.82, 2.24) is 10.3 Å². The van der Waals surface area contributed by atoms with Crippen LogP contribution in [0.1, 0.15) is 22.5 Å². The van der Waals surface area contributed by atoms with Gasteiger partial charge in [-0.1, -0.05) is 48.0 Å². The average molecular weight is 372 g/mol. The fraction of sp³-hybridized carbons (Fsp3) is 0.158. The smallest absolute Gasteiger partial charge is 0.270 e. The summed E-state index contributed by atoms with van der Waals surface area (Å²) in [5.74, 6) is -0.150. The predicted molar refractivity (Wildman–Crippen MR) is 104 cm³/mol. The highest BCUT2D eigenvalue weighted by Crippen LogP contribution is 2.23. The van der Waals surface area contributed by atoms with E-state index in [-0.39, 0.29) is 5.91 Å². The molecule has 1 heterocycles. The maximum atomic E-state index is 12.2. The molecule has 0 bridgehead atoms. The van der Waals surface area contributed by atoms with Gasteiger partial charge in [-0.15, -0.1) is 11.3 Å². The van der Waals surface area contributed by atoms with Crippen LogP contribution in [-0.4, -0.2) is 17.4 Å². The first-order valence-corrected chi connectivity index (χ1v) is 9.27. The van der Waals surface area contributed by atoms with Gasteiger partial charge in [0.25, 0.3) is 5.91 Å². The van der Waals surface area contributed by atoms with Gasteiger partial charge in [0.2, 0.25) is 0 Å². The summed E-state index contributed by atoms with van der Waals surface area (Å²) in [6.07, 6.45) is 1.84. The Morgan fingerprint density at radius 3 is 2.76 bits per heavy atom. The molecule has 0 atom stereocenters. The van der Waals surface area contributed by atoms with Gasteiger partial charge in [-0.05, 0) is 36.6 Å². The average Bonchev–Trinajstić information content (AvgIpc) is 3.08. The molecule has 4 nitrogen and oxygen atoms in total. The highest BCUT2D eigenvalue weighted by molar-refractivity contribution is 7.14. The standard InChI is InChI=1S/C19H18ClN3OS/c20-15-9-4-10-16(12-15)22-19-23-17(13-25-19)18(24)21-11-5-8-14-6-2-1-3-7-14/h1-4,6-7,9-10,12-13H,5,8,11H2,(H,21,24)(H,22,23). The molecule has 2 N–H and O–H groups in total. The van der Waals surface area contributed by atoms with Crippen LogP contribution in [0.4, 0.5) is 10.8 Å². The van der Waals surface area contributed by atoms with Crippen molar-refractivity contribution in [3.8, 4) is 0 Å². The number of benzene rings is 2. The Balaban J connectivity index is 1.47. The van der Waals surface area contributed by atoms with E-state index in [9.17, 15) is 4.79 Å². The van der Waals surface area contributed by atoms with Crippen LogP contribution in [0.3, 0.4) is 0 Å². The number of anilines is 2. The minimum absolute atomic E-state index is 0.150. The Hall–Kier alpha value is -2.37. The number of thiazole rings is 1. The minimum atomic E-state index is -0.150. The Morgan fingerprint density at radius 1 is 1.12 bits per heavy atom. The lowest BCUT2D eigenvalue weighted by Crippen LogP contribution is -2.25. The van der Waals surface area contributed by atoms with Crippen LogP contribution < -0.4 is 10.6 Å². The summed E-state index contributed by atoms with van der Waals surface area (Å²) >= 11 is 7.35. The van der Waals surface area contributed by atoms with Crippen molar-refractivity contribution in [3.63, 3.8) is 0 Å². The molecule has 0 unspecified atom stereocenters. The Kier molecular flexibility index (Phi) is 6.04. The van der Waals surface area contributed by atoms with Gasteiger partial charge in [0.05, 0.1) is 0 Å². The number of hydrogen-bond acceptors (Lipinski definition) is 4. The number of nitrogens with zero attached hydrogens (tertiary/aromatic N) is 1. The van der Waals surface area contributed by atoms with Crippen LogP contribution in [0.5, 0.6) is 0 Å². The first-order valence-electron chi connectivity index (χ1n) is 8.01. The first kappa shape index (κ1) is 17.5. The number of aromatic nitrogens is 1. The third-order valence-corrected chi connectivity index (χ3v) is 4.58. The molecule has 0 aliphatic rings. The molecule has 0 radical (unpaired) electrons. The van der Waals surface area contributed by atoms with E-state index in [1.807, 2.05) is 42.5 Å². The molecule has 0 saturated heterocycles. The summed E-state index contributed by atoms with van der Waals surface area (Å²) in [5, 5.41) is 9.13. The quantitative estimate of drug-likeness (QED) is 0.580. The number of carbonyl (C=O) groups excluding carboxylic acids is 1. The first-order chi connectivity index (χ1) is 12.2. The number of nitrogens with one attached hydrogen (secondary N) is 2. The van der Waals surface area contributed by atoms with E-state index in [4.69, 9.17) is 11.6 Å². The number of halogens is 1. The van der Waals surface area contributed by atoms with Gasteiger partial charge in [-0.3, -0.25) is 4.79 Å². The van der Waals surface area contributed by atoms with Crippen LogP contribution in [-0.2, 0) is 6.42 Å². The number of hydrogen-bond donors (Lipinski definition) is 2. The monoisotopic (exact) mass is 371 g/mol. The van der Waals surface area contributed by atoms with Crippen LogP contribution in [0.2, 0.25) is 5.02 Å². The second-order valence-corrected chi connectivity index (χ2v) is 6.81. The van der Waals surface area contributed by atoms with Crippen LogP contribution in [0.15, 0.2) is 60.0 Å². The van der Waals surface area contributed by atoms with E-state index in [0.29, 0.717) is 22.4 Å². The molecule has 6 heteroatoms. The largest absolute Gasteiger partial charge is 0.351 e. The molecule has 3 rings (SSSR count). The van der Waals surface area contributed by atoms with Gasteiger partial charge in [-0.25, -0.2) is 4.98 Å². The normalized spacial score (nSPS) is 10.4. The van der Waals surface area contributed by atoms with E-state index < -0.39 is 0 Å². The van der Waals surface area contributed by atoms with Crippen LogP contribution >= 0.6 is 22.9 Å². The van der Waals surface area contributed by atoms with Crippen molar-refractivity contribution in [2.75, 3.05) is 11.9 Å². The molecular weight excluding hydrogens is 354 g/mol. The molecule has 0 spiro atoms. The third kappa shape index (κ3) is 5.31. The lowest BCUT2D eigenvalue weighted by atomic mass is 10.1. The highest BCUT2D eigenvalue weighted by atomic mass is 35.5. The fourth-order valence-corrected chi connectivity index (χ4v) is 3.26. The Morgan fingerprint density at radius 2 is 1.96 bits per heavy atom. The van der Waals surface area contributed by atoms with Crippen LogP contribution in [0.25, 0.3) is 0 Å². The zero-order valence-corrected chi connectivity index (χ0v) is 15.1. The summed E-state index contributed by atoms with van der Waals surface area (Å²) in [6, 6.07) is 17.6. The molecule has 25 heavy (non-hydrogen) atoms. The molecule has 2 aromatic carbocycles. The summed E-state index contributed by atoms with van der Waals surface area (Å²) in [6.45, 7) is 0.627. The number of carbonyl (C=O) groups is 1. The van der Waals surface area contributed by atoms with E-state index in [0.717, 1.165) is 18.5 Å². The number of amides is 1. The molecule has 0 aliphatic heterocycles. The van der Waals surface area contributed by atoms with E-state index in [2.05, 4.69) is 27.8 Å². The summed E-state index contributed by atoms with van der Waals surface area (Å²) in [7, 11) is 0. The lowest BCUT2D eigenvalue weighted by Gasteiger charge is -2.04. The molecule has 128 valence electrons. The highest BCUT2D eigenvalue weighted by Gasteiger charge is 2.10. The molecule has 1 aromatic heterocycles. The van der Waals surface area contributed by atoms with E-state index in [1.165, 1.54) is 16.9 Å².